The molecular weight excluding hydrogens is 371 g/mol. The normalized spacial score (nSPS) is 24.7. The smallest absolute Gasteiger partial charge is 0.258 e. The maximum Gasteiger partial charge on any atom is 0.258 e. The van der Waals surface area contributed by atoms with Gasteiger partial charge in [0.05, 0.1) is 16.8 Å². The first-order chi connectivity index (χ1) is 13.1. The van der Waals surface area contributed by atoms with Crippen LogP contribution >= 0.6 is 11.6 Å². The van der Waals surface area contributed by atoms with E-state index in [4.69, 9.17) is 21.2 Å². The van der Waals surface area contributed by atoms with Crippen LogP contribution in [0.15, 0.2) is 35.0 Å². The average molecular weight is 393 g/mol. The average Bonchev–Trinajstić information content (AvgIpc) is 3.30. The molecule has 7 heteroatoms. The van der Waals surface area contributed by atoms with Crippen molar-refractivity contribution in [3.8, 4) is 5.75 Å². The highest BCUT2D eigenvalue weighted by molar-refractivity contribution is 6.30. The molecule has 3 aliphatic rings. The molecule has 1 amide bonds. The van der Waals surface area contributed by atoms with Gasteiger partial charge in [0, 0.05) is 12.5 Å². The topological polar surface area (TPSA) is 59.9 Å². The van der Waals surface area contributed by atoms with Gasteiger partial charge in [-0.2, -0.15) is 0 Å². The Balaban J connectivity index is 1.21. The number of nitrogens with zero attached hydrogens (tertiary/aromatic N) is 1. The number of benzene rings is 1. The van der Waals surface area contributed by atoms with Gasteiger partial charge in [-0.1, -0.05) is 35.7 Å². The molecule has 1 fully saturated rings. The summed E-state index contributed by atoms with van der Waals surface area (Å²) in [6, 6.07) is 4.06. The van der Waals surface area contributed by atoms with E-state index in [2.05, 4.69) is 10.5 Å². The highest BCUT2D eigenvalue weighted by Gasteiger charge is 2.35. The third-order valence-electron chi connectivity index (χ3n) is 5.44. The quantitative estimate of drug-likeness (QED) is 0.795. The minimum atomic E-state index is -0.573. The van der Waals surface area contributed by atoms with Crippen LogP contribution < -0.4 is 10.1 Å². The summed E-state index contributed by atoms with van der Waals surface area (Å²) in [4.78, 5) is 17.6. The second-order valence-corrected chi connectivity index (χ2v) is 7.77. The Morgan fingerprint density at radius 2 is 2.11 bits per heavy atom. The molecule has 1 N–H and O–H groups in total. The summed E-state index contributed by atoms with van der Waals surface area (Å²) < 4.78 is 18.6. The van der Waals surface area contributed by atoms with Crippen LogP contribution in [0.2, 0.25) is 5.02 Å². The predicted octanol–water partition coefficient (Wildman–Crippen LogP) is 4.01. The van der Waals surface area contributed by atoms with Crippen molar-refractivity contribution >= 4 is 23.2 Å². The van der Waals surface area contributed by atoms with Gasteiger partial charge in [-0.15, -0.1) is 0 Å². The Bertz CT molecular complexity index is 789. The van der Waals surface area contributed by atoms with Crippen molar-refractivity contribution in [1.29, 1.82) is 0 Å². The molecule has 0 bridgehead atoms. The maximum atomic E-state index is 13.4. The van der Waals surface area contributed by atoms with E-state index in [9.17, 15) is 9.18 Å². The Kier molecular flexibility index (Phi) is 5.34. The van der Waals surface area contributed by atoms with Gasteiger partial charge in [-0.05, 0) is 42.9 Å². The van der Waals surface area contributed by atoms with Crippen molar-refractivity contribution in [2.24, 2.45) is 11.1 Å². The van der Waals surface area contributed by atoms with E-state index in [1.165, 1.54) is 37.8 Å². The van der Waals surface area contributed by atoms with Gasteiger partial charge in [0.2, 0.25) is 0 Å². The number of oxime groups is 1. The minimum Gasteiger partial charge on any atom is -0.484 e. The van der Waals surface area contributed by atoms with Crippen molar-refractivity contribution < 1.29 is 18.8 Å². The Morgan fingerprint density at radius 1 is 1.33 bits per heavy atom. The van der Waals surface area contributed by atoms with Gasteiger partial charge in [-0.25, -0.2) is 4.39 Å². The summed E-state index contributed by atoms with van der Waals surface area (Å²) in [5, 5.41) is 7.15. The zero-order valence-electron chi connectivity index (χ0n) is 14.9. The fraction of sp³-hybridized carbons (Fsp3) is 0.500. The van der Waals surface area contributed by atoms with E-state index in [0.29, 0.717) is 5.92 Å². The van der Waals surface area contributed by atoms with Crippen LogP contribution in [0.3, 0.4) is 0 Å². The minimum absolute atomic E-state index is 0.0212. The number of halogens is 2. The third-order valence-corrected chi connectivity index (χ3v) is 5.75. The van der Waals surface area contributed by atoms with Crippen molar-refractivity contribution in [3.05, 3.63) is 40.7 Å². The van der Waals surface area contributed by atoms with E-state index in [1.807, 2.05) is 6.08 Å². The molecular formula is C20H22ClFN2O3. The number of hydrogen-bond donors (Lipinski definition) is 1. The first kappa shape index (κ1) is 18.3. The van der Waals surface area contributed by atoms with Gasteiger partial charge in [0.25, 0.3) is 5.91 Å². The molecule has 1 saturated carbocycles. The standard InChI is InChI=1S/C20H22ClFN2O3/c21-16-6-5-15(9-17(16)22)26-11-20(25)23-14-7-13(8-14)18-10-19(27-24-18)12-3-1-2-4-12/h5-7,9,12,14,19H,1-4,8,10-11H2,(H,23,25). The summed E-state index contributed by atoms with van der Waals surface area (Å²) in [5.41, 5.74) is 2.17. The second kappa shape index (κ2) is 7.89. The molecule has 2 atom stereocenters. The number of ether oxygens (including phenoxy) is 1. The SMILES string of the molecule is O=C(COc1ccc(Cl)c(F)c1)NC1C=C(C2=NOC(C3CCCC3)C2)C1. The molecule has 0 radical (unpaired) electrons. The molecule has 2 aliphatic carbocycles. The number of rotatable bonds is 6. The Hall–Kier alpha value is -2.08. The van der Waals surface area contributed by atoms with Gasteiger partial charge in [-0.3, -0.25) is 4.79 Å². The maximum absolute atomic E-state index is 13.4. The fourth-order valence-electron chi connectivity index (χ4n) is 3.88. The molecule has 144 valence electrons. The molecule has 2 unspecified atom stereocenters. The third kappa shape index (κ3) is 4.26. The number of hydrogen-bond acceptors (Lipinski definition) is 4. The van der Waals surface area contributed by atoms with Crippen LogP contribution in [0.1, 0.15) is 38.5 Å². The van der Waals surface area contributed by atoms with Crippen LogP contribution in [0.25, 0.3) is 0 Å². The zero-order valence-corrected chi connectivity index (χ0v) is 15.7. The second-order valence-electron chi connectivity index (χ2n) is 7.37. The van der Waals surface area contributed by atoms with E-state index in [1.54, 1.807) is 0 Å². The van der Waals surface area contributed by atoms with E-state index in [-0.39, 0.29) is 35.4 Å². The summed E-state index contributed by atoms with van der Waals surface area (Å²) in [5.74, 6) is 0.0836. The molecule has 0 saturated heterocycles. The molecule has 5 nitrogen and oxygen atoms in total. The molecule has 1 heterocycles. The number of carbonyl (C=O) groups is 1. The highest BCUT2D eigenvalue weighted by Crippen LogP contribution is 2.35. The first-order valence-corrected chi connectivity index (χ1v) is 9.77. The molecule has 1 aromatic rings. The van der Waals surface area contributed by atoms with Crippen molar-refractivity contribution in [2.75, 3.05) is 6.61 Å². The van der Waals surface area contributed by atoms with E-state index >= 15 is 0 Å². The summed E-state index contributed by atoms with van der Waals surface area (Å²) in [6.07, 6.45) is 8.93. The molecule has 4 rings (SSSR count). The zero-order chi connectivity index (χ0) is 18.8. The van der Waals surface area contributed by atoms with Gasteiger partial charge >= 0.3 is 0 Å². The van der Waals surface area contributed by atoms with Crippen LogP contribution in [-0.2, 0) is 9.63 Å². The molecule has 0 spiro atoms. The predicted molar refractivity (Wildman–Crippen MR) is 100 cm³/mol. The number of amides is 1. The Morgan fingerprint density at radius 3 is 2.85 bits per heavy atom. The van der Waals surface area contributed by atoms with Crippen molar-refractivity contribution in [2.45, 2.75) is 50.7 Å². The lowest BCUT2D eigenvalue weighted by atomic mass is 9.85. The number of carbonyl (C=O) groups excluding carboxylic acids is 1. The highest BCUT2D eigenvalue weighted by atomic mass is 35.5. The largest absolute Gasteiger partial charge is 0.484 e. The molecule has 1 aromatic carbocycles. The fourth-order valence-corrected chi connectivity index (χ4v) is 4.00. The van der Waals surface area contributed by atoms with Crippen molar-refractivity contribution in [3.63, 3.8) is 0 Å². The Labute approximate surface area is 162 Å². The van der Waals surface area contributed by atoms with E-state index in [0.717, 1.165) is 30.2 Å². The monoisotopic (exact) mass is 392 g/mol. The summed E-state index contributed by atoms with van der Waals surface area (Å²) in [6.45, 7) is -0.172. The lowest BCUT2D eigenvalue weighted by Gasteiger charge is -2.26. The lowest BCUT2D eigenvalue weighted by molar-refractivity contribution is -0.123. The van der Waals surface area contributed by atoms with Crippen LogP contribution in [0.4, 0.5) is 4.39 Å². The van der Waals surface area contributed by atoms with Crippen molar-refractivity contribution in [1.82, 2.24) is 5.32 Å². The summed E-state index contributed by atoms with van der Waals surface area (Å²) in [7, 11) is 0. The van der Waals surface area contributed by atoms with Crippen LogP contribution in [0.5, 0.6) is 5.75 Å². The van der Waals surface area contributed by atoms with Gasteiger partial charge < -0.3 is 14.9 Å². The van der Waals surface area contributed by atoms with Gasteiger partial charge in [0.1, 0.15) is 17.7 Å². The van der Waals surface area contributed by atoms with Crippen LogP contribution in [0, 0.1) is 11.7 Å². The summed E-state index contributed by atoms with van der Waals surface area (Å²) >= 11 is 5.62. The first-order valence-electron chi connectivity index (χ1n) is 9.39. The number of nitrogens with one attached hydrogen (secondary N) is 1. The molecule has 0 aromatic heterocycles. The molecule has 1 aliphatic heterocycles. The molecule has 27 heavy (non-hydrogen) atoms. The van der Waals surface area contributed by atoms with E-state index < -0.39 is 5.82 Å². The van der Waals surface area contributed by atoms with Crippen LogP contribution in [-0.4, -0.2) is 30.4 Å². The van der Waals surface area contributed by atoms with Gasteiger partial charge in [0.15, 0.2) is 6.61 Å². The lowest BCUT2D eigenvalue weighted by Crippen LogP contribution is -2.41.